The largest absolute Gasteiger partial charge is 0.333 e. The van der Waals surface area contributed by atoms with Crippen molar-refractivity contribution < 1.29 is 13.2 Å². The van der Waals surface area contributed by atoms with Crippen LogP contribution in [-0.4, -0.2) is 50.7 Å². The lowest BCUT2D eigenvalue weighted by Gasteiger charge is -2.34. The molecule has 0 aliphatic carbocycles. The number of nitrogens with one attached hydrogen (secondary N) is 1. The summed E-state index contributed by atoms with van der Waals surface area (Å²) in [5.74, 6) is 0.0224. The Morgan fingerprint density at radius 2 is 2.00 bits per heavy atom. The molecule has 0 aromatic heterocycles. The number of rotatable bonds is 3. The molecule has 0 saturated carbocycles. The molecule has 1 N–H and O–H groups in total. The molecular weight excluding hydrogens is 276 g/mol. The van der Waals surface area contributed by atoms with Crippen molar-refractivity contribution in [2.45, 2.75) is 24.8 Å². The van der Waals surface area contributed by atoms with Crippen molar-refractivity contribution >= 4 is 15.7 Å². The average molecular weight is 296 g/mol. The Hall–Kier alpha value is -1.40. The summed E-state index contributed by atoms with van der Waals surface area (Å²) in [6, 6.07) is 6.37. The SMILES string of the molecule is CCS(=O)(=O)c1ccc(C(=O)N2CCNC[C@@H]2C)cc1. The van der Waals surface area contributed by atoms with Crippen molar-refractivity contribution in [3.05, 3.63) is 29.8 Å². The summed E-state index contributed by atoms with van der Waals surface area (Å²) < 4.78 is 23.5. The summed E-state index contributed by atoms with van der Waals surface area (Å²) in [6.45, 7) is 5.86. The number of benzene rings is 1. The first kappa shape index (κ1) is 15.0. The van der Waals surface area contributed by atoms with Crippen molar-refractivity contribution in [1.82, 2.24) is 10.2 Å². The number of hydrogen-bond acceptors (Lipinski definition) is 4. The molecular formula is C14H20N2O3S. The molecule has 0 spiro atoms. The van der Waals surface area contributed by atoms with Crippen LogP contribution in [0.2, 0.25) is 0 Å². The minimum absolute atomic E-state index is 0.0422. The predicted molar refractivity (Wildman–Crippen MR) is 77.5 cm³/mol. The maximum absolute atomic E-state index is 12.4. The molecule has 0 unspecified atom stereocenters. The highest BCUT2D eigenvalue weighted by Crippen LogP contribution is 2.15. The van der Waals surface area contributed by atoms with Crippen molar-refractivity contribution in [2.75, 3.05) is 25.4 Å². The molecule has 1 aliphatic heterocycles. The van der Waals surface area contributed by atoms with Crippen LogP contribution in [0, 0.1) is 0 Å². The number of piperazine rings is 1. The maximum Gasteiger partial charge on any atom is 0.254 e. The van der Waals surface area contributed by atoms with Gasteiger partial charge in [0.1, 0.15) is 0 Å². The van der Waals surface area contributed by atoms with E-state index in [1.807, 2.05) is 11.8 Å². The van der Waals surface area contributed by atoms with E-state index >= 15 is 0 Å². The topological polar surface area (TPSA) is 66.5 Å². The first-order chi connectivity index (χ1) is 9.45. The number of nitrogens with zero attached hydrogens (tertiary/aromatic N) is 1. The third kappa shape index (κ3) is 3.02. The predicted octanol–water partition coefficient (Wildman–Crippen LogP) is 0.914. The molecule has 0 radical (unpaired) electrons. The van der Waals surface area contributed by atoms with Crippen LogP contribution in [0.15, 0.2) is 29.2 Å². The first-order valence-electron chi connectivity index (χ1n) is 6.80. The van der Waals surface area contributed by atoms with Crippen LogP contribution in [0.4, 0.5) is 0 Å². The highest BCUT2D eigenvalue weighted by atomic mass is 32.2. The van der Waals surface area contributed by atoms with E-state index in [4.69, 9.17) is 0 Å². The highest BCUT2D eigenvalue weighted by molar-refractivity contribution is 7.91. The first-order valence-corrected chi connectivity index (χ1v) is 8.45. The molecule has 1 aliphatic rings. The summed E-state index contributed by atoms with van der Waals surface area (Å²) in [5.41, 5.74) is 0.536. The quantitative estimate of drug-likeness (QED) is 0.900. The zero-order chi connectivity index (χ0) is 14.8. The minimum atomic E-state index is -3.21. The zero-order valence-corrected chi connectivity index (χ0v) is 12.6. The molecule has 20 heavy (non-hydrogen) atoms. The average Bonchev–Trinajstić information content (AvgIpc) is 2.47. The monoisotopic (exact) mass is 296 g/mol. The lowest BCUT2D eigenvalue weighted by atomic mass is 10.1. The molecule has 1 heterocycles. The molecule has 1 aromatic carbocycles. The zero-order valence-electron chi connectivity index (χ0n) is 11.8. The van der Waals surface area contributed by atoms with Crippen molar-refractivity contribution in [1.29, 1.82) is 0 Å². The van der Waals surface area contributed by atoms with E-state index in [0.717, 1.165) is 13.1 Å². The molecule has 6 heteroatoms. The van der Waals surface area contributed by atoms with E-state index in [9.17, 15) is 13.2 Å². The number of carbonyl (C=O) groups is 1. The Bertz CT molecular complexity index is 581. The third-order valence-electron chi connectivity index (χ3n) is 3.60. The molecule has 2 rings (SSSR count). The van der Waals surface area contributed by atoms with Gasteiger partial charge in [-0.25, -0.2) is 8.42 Å². The Kier molecular flexibility index (Phi) is 4.45. The fourth-order valence-electron chi connectivity index (χ4n) is 2.28. The van der Waals surface area contributed by atoms with Crippen LogP contribution < -0.4 is 5.32 Å². The van der Waals surface area contributed by atoms with Gasteiger partial charge >= 0.3 is 0 Å². The van der Waals surface area contributed by atoms with Gasteiger partial charge < -0.3 is 10.2 Å². The Morgan fingerprint density at radius 1 is 1.35 bits per heavy atom. The van der Waals surface area contributed by atoms with Crippen LogP contribution in [0.25, 0.3) is 0 Å². The van der Waals surface area contributed by atoms with Gasteiger partial charge in [0.25, 0.3) is 5.91 Å². The van der Waals surface area contributed by atoms with Crippen molar-refractivity contribution in [3.8, 4) is 0 Å². The summed E-state index contributed by atoms with van der Waals surface area (Å²) in [5, 5.41) is 3.23. The Balaban J connectivity index is 2.19. The number of amides is 1. The number of sulfone groups is 1. The minimum Gasteiger partial charge on any atom is -0.333 e. The second kappa shape index (κ2) is 5.93. The summed E-state index contributed by atoms with van der Waals surface area (Å²) in [6.07, 6.45) is 0. The fourth-order valence-corrected chi connectivity index (χ4v) is 3.16. The second-order valence-electron chi connectivity index (χ2n) is 4.98. The maximum atomic E-state index is 12.4. The lowest BCUT2D eigenvalue weighted by molar-refractivity contribution is 0.0655. The summed E-state index contributed by atoms with van der Waals surface area (Å²) >= 11 is 0. The smallest absolute Gasteiger partial charge is 0.254 e. The molecule has 1 amide bonds. The van der Waals surface area contributed by atoms with Gasteiger partial charge in [0.2, 0.25) is 0 Å². The molecule has 0 bridgehead atoms. The number of carbonyl (C=O) groups excluding carboxylic acids is 1. The van der Waals surface area contributed by atoms with E-state index < -0.39 is 9.84 Å². The second-order valence-corrected chi connectivity index (χ2v) is 7.26. The molecule has 1 aromatic rings. The van der Waals surface area contributed by atoms with E-state index in [1.165, 1.54) is 12.1 Å². The Morgan fingerprint density at radius 3 is 2.55 bits per heavy atom. The standard InChI is InChI=1S/C14H20N2O3S/c1-3-20(18,19)13-6-4-12(5-7-13)14(17)16-9-8-15-10-11(16)2/h4-7,11,15H,3,8-10H2,1-2H3/t11-/m0/s1. The van der Waals surface area contributed by atoms with Gasteiger partial charge in [-0.3, -0.25) is 4.79 Å². The van der Waals surface area contributed by atoms with E-state index in [-0.39, 0.29) is 22.6 Å². The van der Waals surface area contributed by atoms with E-state index in [0.29, 0.717) is 12.1 Å². The van der Waals surface area contributed by atoms with Gasteiger partial charge in [0, 0.05) is 31.2 Å². The van der Waals surface area contributed by atoms with Crippen molar-refractivity contribution in [3.63, 3.8) is 0 Å². The van der Waals surface area contributed by atoms with Crippen LogP contribution in [-0.2, 0) is 9.84 Å². The Labute approximate surface area is 119 Å². The normalized spacial score (nSPS) is 19.9. The lowest BCUT2D eigenvalue weighted by Crippen LogP contribution is -2.52. The van der Waals surface area contributed by atoms with Gasteiger partial charge in [0.15, 0.2) is 9.84 Å². The summed E-state index contributed by atoms with van der Waals surface area (Å²) in [4.78, 5) is 14.5. The summed E-state index contributed by atoms with van der Waals surface area (Å²) in [7, 11) is -3.21. The van der Waals surface area contributed by atoms with Gasteiger partial charge in [0.05, 0.1) is 10.6 Å². The van der Waals surface area contributed by atoms with Gasteiger partial charge in [-0.15, -0.1) is 0 Å². The van der Waals surface area contributed by atoms with Crippen LogP contribution >= 0.6 is 0 Å². The molecule has 1 fully saturated rings. The molecule has 1 atom stereocenters. The number of hydrogen-bond donors (Lipinski definition) is 1. The third-order valence-corrected chi connectivity index (χ3v) is 5.35. The highest BCUT2D eigenvalue weighted by Gasteiger charge is 2.24. The van der Waals surface area contributed by atoms with E-state index in [2.05, 4.69) is 5.32 Å². The van der Waals surface area contributed by atoms with E-state index in [1.54, 1.807) is 19.1 Å². The van der Waals surface area contributed by atoms with Gasteiger partial charge in [-0.05, 0) is 31.2 Å². The molecule has 5 nitrogen and oxygen atoms in total. The molecule has 110 valence electrons. The van der Waals surface area contributed by atoms with Crippen LogP contribution in [0.3, 0.4) is 0 Å². The molecule has 1 saturated heterocycles. The van der Waals surface area contributed by atoms with Crippen LogP contribution in [0.5, 0.6) is 0 Å². The van der Waals surface area contributed by atoms with Crippen LogP contribution in [0.1, 0.15) is 24.2 Å². The van der Waals surface area contributed by atoms with Crippen molar-refractivity contribution in [2.24, 2.45) is 0 Å². The van der Waals surface area contributed by atoms with Gasteiger partial charge in [-0.1, -0.05) is 6.92 Å². The fraction of sp³-hybridized carbons (Fsp3) is 0.500. The van der Waals surface area contributed by atoms with Gasteiger partial charge in [-0.2, -0.15) is 0 Å².